The fourth-order valence-corrected chi connectivity index (χ4v) is 2.73. The first kappa shape index (κ1) is 17.7. The van der Waals surface area contributed by atoms with E-state index in [9.17, 15) is 9.18 Å². The molecule has 0 fully saturated rings. The van der Waals surface area contributed by atoms with Crippen LogP contribution in [-0.2, 0) is 17.9 Å². The van der Waals surface area contributed by atoms with Crippen LogP contribution in [0, 0.1) is 5.82 Å². The van der Waals surface area contributed by atoms with Gasteiger partial charge in [0.1, 0.15) is 17.4 Å². The monoisotopic (exact) mass is 401 g/mol. The molecule has 0 saturated carbocycles. The van der Waals surface area contributed by atoms with Crippen LogP contribution in [0.25, 0.3) is 0 Å². The van der Waals surface area contributed by atoms with E-state index in [2.05, 4.69) is 15.5 Å². The summed E-state index contributed by atoms with van der Waals surface area (Å²) >= 11 is 17.8. The molecule has 0 aliphatic carbocycles. The first-order valence-corrected chi connectivity index (χ1v) is 8.19. The van der Waals surface area contributed by atoms with Gasteiger partial charge in [0.25, 0.3) is 0 Å². The van der Waals surface area contributed by atoms with E-state index in [1.54, 1.807) is 6.07 Å². The summed E-state index contributed by atoms with van der Waals surface area (Å²) in [6.07, 6.45) is 4.42. The fourth-order valence-electron chi connectivity index (χ4n) is 2.15. The molecule has 1 N–H and O–H groups in total. The molecular weight excluding hydrogens is 392 g/mol. The number of benzene rings is 1. The third kappa shape index (κ3) is 4.31. The molecule has 0 aliphatic rings. The number of carbonyl (C=O) groups is 1. The molecule has 1 amide bonds. The zero-order valence-electron chi connectivity index (χ0n) is 12.6. The molecular formula is C15H11Cl3FN5O. The maximum atomic E-state index is 13.8. The Labute approximate surface area is 157 Å². The standard InChI is InChI=1S/C15H11Cl3FN5O/c16-9-4-20-23(5-9)8-14(25)21-15-12(18)7-24(22-15)6-10-11(17)2-1-3-13(10)19/h1-5,7H,6,8H2,(H,21,22,25). The molecule has 0 radical (unpaired) electrons. The zero-order valence-corrected chi connectivity index (χ0v) is 14.9. The third-order valence-electron chi connectivity index (χ3n) is 3.26. The molecule has 10 heteroatoms. The van der Waals surface area contributed by atoms with Crippen molar-refractivity contribution in [3.8, 4) is 0 Å². The Hall–Kier alpha value is -2.09. The van der Waals surface area contributed by atoms with E-state index < -0.39 is 5.82 Å². The van der Waals surface area contributed by atoms with Gasteiger partial charge in [-0.05, 0) is 12.1 Å². The van der Waals surface area contributed by atoms with E-state index in [-0.39, 0.29) is 40.4 Å². The summed E-state index contributed by atoms with van der Waals surface area (Å²) < 4.78 is 16.6. The molecule has 2 heterocycles. The maximum absolute atomic E-state index is 13.8. The summed E-state index contributed by atoms with van der Waals surface area (Å²) in [6, 6.07) is 4.41. The zero-order chi connectivity index (χ0) is 18.0. The second-order valence-corrected chi connectivity index (χ2v) is 6.38. The molecule has 1 aromatic carbocycles. The van der Waals surface area contributed by atoms with Gasteiger partial charge in [-0.1, -0.05) is 40.9 Å². The Kier molecular flexibility index (Phi) is 5.27. The van der Waals surface area contributed by atoms with Crippen LogP contribution in [0.15, 0.2) is 36.8 Å². The SMILES string of the molecule is O=C(Cn1cc(Cl)cn1)Nc1nn(Cc2c(F)cccc2Cl)cc1Cl. The molecule has 3 aromatic rings. The Morgan fingerprint density at radius 1 is 1.16 bits per heavy atom. The van der Waals surface area contributed by atoms with E-state index in [4.69, 9.17) is 34.8 Å². The Balaban J connectivity index is 1.71. The van der Waals surface area contributed by atoms with E-state index in [0.717, 1.165) is 0 Å². The number of nitrogens with one attached hydrogen (secondary N) is 1. The van der Waals surface area contributed by atoms with E-state index >= 15 is 0 Å². The van der Waals surface area contributed by atoms with Crippen molar-refractivity contribution in [2.45, 2.75) is 13.1 Å². The van der Waals surface area contributed by atoms with Crippen molar-refractivity contribution in [1.29, 1.82) is 0 Å². The highest BCUT2D eigenvalue weighted by atomic mass is 35.5. The minimum atomic E-state index is -0.444. The number of hydrogen-bond donors (Lipinski definition) is 1. The van der Waals surface area contributed by atoms with Crippen molar-refractivity contribution in [2.24, 2.45) is 0 Å². The molecule has 0 atom stereocenters. The first-order chi connectivity index (χ1) is 11.9. The molecule has 0 aliphatic heterocycles. The number of anilines is 1. The van der Waals surface area contributed by atoms with Gasteiger partial charge in [-0.25, -0.2) is 4.39 Å². The number of halogens is 4. The summed E-state index contributed by atoms with van der Waals surface area (Å²) in [5.74, 6) is -0.659. The average molecular weight is 403 g/mol. The Morgan fingerprint density at radius 3 is 2.64 bits per heavy atom. The van der Waals surface area contributed by atoms with E-state index in [0.29, 0.717) is 5.02 Å². The Bertz CT molecular complexity index is 904. The number of hydrogen-bond acceptors (Lipinski definition) is 3. The lowest BCUT2D eigenvalue weighted by Crippen LogP contribution is -2.19. The number of amides is 1. The van der Waals surface area contributed by atoms with Crippen molar-refractivity contribution >= 4 is 46.5 Å². The van der Waals surface area contributed by atoms with Crippen LogP contribution in [-0.4, -0.2) is 25.5 Å². The van der Waals surface area contributed by atoms with Gasteiger partial charge >= 0.3 is 0 Å². The van der Waals surface area contributed by atoms with Crippen LogP contribution in [0.5, 0.6) is 0 Å². The lowest BCUT2D eigenvalue weighted by atomic mass is 10.2. The van der Waals surface area contributed by atoms with Crippen LogP contribution < -0.4 is 5.32 Å². The van der Waals surface area contributed by atoms with Crippen LogP contribution in [0.4, 0.5) is 10.2 Å². The first-order valence-electron chi connectivity index (χ1n) is 7.06. The maximum Gasteiger partial charge on any atom is 0.247 e. The van der Waals surface area contributed by atoms with Crippen LogP contribution in [0.3, 0.4) is 0 Å². The molecule has 0 bridgehead atoms. The van der Waals surface area contributed by atoms with Gasteiger partial charge in [0, 0.05) is 23.0 Å². The second kappa shape index (κ2) is 7.43. The van der Waals surface area contributed by atoms with E-state index in [1.807, 2.05) is 0 Å². The van der Waals surface area contributed by atoms with Crippen molar-refractivity contribution in [2.75, 3.05) is 5.32 Å². The molecule has 2 aromatic heterocycles. The summed E-state index contributed by atoms with van der Waals surface area (Å²) in [6.45, 7) is 0.0327. The summed E-state index contributed by atoms with van der Waals surface area (Å²) in [4.78, 5) is 12.0. The smallest absolute Gasteiger partial charge is 0.247 e. The largest absolute Gasteiger partial charge is 0.306 e. The quantitative estimate of drug-likeness (QED) is 0.705. The predicted molar refractivity (Wildman–Crippen MR) is 93.6 cm³/mol. The molecule has 0 spiro atoms. The normalized spacial score (nSPS) is 10.9. The van der Waals surface area contributed by atoms with Crippen molar-refractivity contribution in [3.63, 3.8) is 0 Å². The minimum absolute atomic E-state index is 0.0466. The van der Waals surface area contributed by atoms with Gasteiger partial charge in [-0.2, -0.15) is 10.2 Å². The second-order valence-electron chi connectivity index (χ2n) is 5.13. The average Bonchev–Trinajstić information content (AvgIpc) is 3.09. The number of carbonyl (C=O) groups excluding carboxylic acids is 1. The highest BCUT2D eigenvalue weighted by molar-refractivity contribution is 6.33. The topological polar surface area (TPSA) is 64.7 Å². The molecule has 3 rings (SSSR count). The van der Waals surface area contributed by atoms with E-state index in [1.165, 1.54) is 40.1 Å². The summed E-state index contributed by atoms with van der Waals surface area (Å²) in [5, 5.41) is 11.6. The van der Waals surface area contributed by atoms with Gasteiger partial charge in [0.15, 0.2) is 5.82 Å². The molecule has 6 nitrogen and oxygen atoms in total. The van der Waals surface area contributed by atoms with Crippen molar-refractivity contribution in [1.82, 2.24) is 19.6 Å². The van der Waals surface area contributed by atoms with Gasteiger partial charge in [-0.15, -0.1) is 0 Å². The van der Waals surface area contributed by atoms with Crippen molar-refractivity contribution < 1.29 is 9.18 Å². The molecule has 130 valence electrons. The van der Waals surface area contributed by atoms with Gasteiger partial charge in [-0.3, -0.25) is 14.2 Å². The van der Waals surface area contributed by atoms with Gasteiger partial charge in [0.05, 0.1) is 17.8 Å². The van der Waals surface area contributed by atoms with Gasteiger partial charge < -0.3 is 5.32 Å². The Morgan fingerprint density at radius 2 is 1.96 bits per heavy atom. The lowest BCUT2D eigenvalue weighted by molar-refractivity contribution is -0.116. The summed E-state index contributed by atoms with van der Waals surface area (Å²) in [7, 11) is 0. The fraction of sp³-hybridized carbons (Fsp3) is 0.133. The summed E-state index contributed by atoms with van der Waals surface area (Å²) in [5.41, 5.74) is 0.285. The molecule has 0 saturated heterocycles. The highest BCUT2D eigenvalue weighted by Crippen LogP contribution is 2.23. The number of rotatable bonds is 5. The van der Waals surface area contributed by atoms with Crippen LogP contribution in [0.2, 0.25) is 15.1 Å². The molecule has 25 heavy (non-hydrogen) atoms. The van der Waals surface area contributed by atoms with Gasteiger partial charge in [0.2, 0.25) is 5.91 Å². The van der Waals surface area contributed by atoms with Crippen LogP contribution >= 0.6 is 34.8 Å². The number of aromatic nitrogens is 4. The third-order valence-corrected chi connectivity index (χ3v) is 4.09. The predicted octanol–water partition coefficient (Wildman–Crippen LogP) is 3.87. The lowest BCUT2D eigenvalue weighted by Gasteiger charge is -2.06. The van der Waals surface area contributed by atoms with Crippen molar-refractivity contribution in [3.05, 3.63) is 63.2 Å². The molecule has 0 unspecified atom stereocenters. The number of nitrogens with zero attached hydrogens (tertiary/aromatic N) is 4. The minimum Gasteiger partial charge on any atom is -0.306 e. The highest BCUT2D eigenvalue weighted by Gasteiger charge is 2.14. The van der Waals surface area contributed by atoms with Crippen LogP contribution in [0.1, 0.15) is 5.56 Å².